The van der Waals surface area contributed by atoms with Crippen LogP contribution in [0.15, 0.2) is 39.9 Å². The van der Waals surface area contributed by atoms with Gasteiger partial charge in [-0.05, 0) is 43.4 Å². The number of rotatable bonds is 1. The average Bonchev–Trinajstić information content (AvgIpc) is 2.53. The molecule has 126 valence electrons. The molecule has 24 heavy (non-hydrogen) atoms. The Kier molecular flexibility index (Phi) is 3.67. The lowest BCUT2D eigenvalue weighted by Gasteiger charge is -2.38. The maximum atomic E-state index is 13.8. The fraction of sp³-hybridized carbons (Fsp3) is 0.444. The van der Waals surface area contributed by atoms with E-state index >= 15 is 0 Å². The Bertz CT molecular complexity index is 885. The summed E-state index contributed by atoms with van der Waals surface area (Å²) in [5.74, 6) is -1.52. The highest BCUT2D eigenvalue weighted by Crippen LogP contribution is 2.47. The molecule has 3 aliphatic rings. The van der Waals surface area contributed by atoms with Crippen molar-refractivity contribution in [2.45, 2.75) is 38.0 Å². The maximum absolute atomic E-state index is 13.8. The number of carbonyl (C=O) groups excluding carboxylic acids is 1. The third kappa shape index (κ3) is 2.44. The van der Waals surface area contributed by atoms with E-state index in [-0.39, 0.29) is 16.4 Å². The van der Waals surface area contributed by atoms with Crippen LogP contribution in [0.2, 0.25) is 0 Å². The zero-order valence-corrected chi connectivity index (χ0v) is 14.0. The highest BCUT2D eigenvalue weighted by molar-refractivity contribution is 7.95. The SMILES string of the molecule is O=C1CCCC2=NC3=C(C(c4cccc(F)c4)C12)S(=O)(=O)CCC3. The van der Waals surface area contributed by atoms with Crippen LogP contribution in [0, 0.1) is 11.7 Å². The van der Waals surface area contributed by atoms with E-state index in [2.05, 4.69) is 4.99 Å². The van der Waals surface area contributed by atoms with Crippen molar-refractivity contribution in [2.75, 3.05) is 5.75 Å². The van der Waals surface area contributed by atoms with E-state index in [0.717, 1.165) is 12.1 Å². The fourth-order valence-electron chi connectivity index (χ4n) is 4.14. The smallest absolute Gasteiger partial charge is 0.177 e. The average molecular weight is 347 g/mol. The van der Waals surface area contributed by atoms with Crippen LogP contribution in [0.3, 0.4) is 0 Å². The first-order valence-electron chi connectivity index (χ1n) is 8.29. The number of ketones is 1. The molecule has 1 fully saturated rings. The van der Waals surface area contributed by atoms with Gasteiger partial charge in [-0.15, -0.1) is 0 Å². The summed E-state index contributed by atoms with van der Waals surface area (Å²) in [6.07, 6.45) is 3.04. The van der Waals surface area contributed by atoms with Crippen LogP contribution in [0.1, 0.15) is 43.6 Å². The first kappa shape index (κ1) is 15.7. The number of fused-ring (bicyclic) bond motifs is 1. The monoisotopic (exact) mass is 347 g/mol. The minimum atomic E-state index is -3.47. The second-order valence-electron chi connectivity index (χ2n) is 6.67. The molecule has 2 atom stereocenters. The highest BCUT2D eigenvalue weighted by atomic mass is 32.2. The normalized spacial score (nSPS) is 28.9. The summed E-state index contributed by atoms with van der Waals surface area (Å²) in [7, 11) is -3.47. The van der Waals surface area contributed by atoms with Crippen LogP contribution in [-0.2, 0) is 14.6 Å². The molecule has 0 bridgehead atoms. The number of carbonyl (C=O) groups is 1. The summed E-state index contributed by atoms with van der Waals surface area (Å²) in [6, 6.07) is 5.96. The van der Waals surface area contributed by atoms with Crippen LogP contribution in [0.5, 0.6) is 0 Å². The van der Waals surface area contributed by atoms with Crippen LogP contribution in [0.4, 0.5) is 4.39 Å². The largest absolute Gasteiger partial charge is 0.299 e. The van der Waals surface area contributed by atoms with E-state index in [4.69, 9.17) is 0 Å². The first-order chi connectivity index (χ1) is 11.5. The zero-order chi connectivity index (χ0) is 16.9. The fourth-order valence-corrected chi connectivity index (χ4v) is 6.05. The molecule has 0 spiro atoms. The van der Waals surface area contributed by atoms with Gasteiger partial charge in [0.2, 0.25) is 0 Å². The van der Waals surface area contributed by atoms with Gasteiger partial charge in [0.1, 0.15) is 11.6 Å². The Labute approximate surface area is 140 Å². The number of hydrogen-bond donors (Lipinski definition) is 0. The first-order valence-corrected chi connectivity index (χ1v) is 9.94. The molecule has 0 radical (unpaired) electrons. The van der Waals surface area contributed by atoms with Crippen LogP contribution < -0.4 is 0 Å². The standard InChI is InChI=1S/C18H18FNO3S/c19-12-5-1-4-11(10-12)16-17-13(6-2-8-15(17)21)20-14-7-3-9-24(22,23)18(14)16/h1,4-5,10,16-17H,2-3,6-9H2. The van der Waals surface area contributed by atoms with Gasteiger partial charge in [0, 0.05) is 18.1 Å². The molecule has 2 aliphatic heterocycles. The summed E-state index contributed by atoms with van der Waals surface area (Å²) in [5, 5.41) is 0. The van der Waals surface area contributed by atoms with Crippen molar-refractivity contribution >= 4 is 21.3 Å². The van der Waals surface area contributed by atoms with Crippen molar-refractivity contribution in [1.82, 2.24) is 0 Å². The third-order valence-electron chi connectivity index (χ3n) is 5.11. The van der Waals surface area contributed by atoms with Gasteiger partial charge in [0.05, 0.1) is 22.3 Å². The number of allylic oxidation sites excluding steroid dienone is 2. The van der Waals surface area contributed by atoms with Gasteiger partial charge >= 0.3 is 0 Å². The van der Waals surface area contributed by atoms with Crippen molar-refractivity contribution < 1.29 is 17.6 Å². The van der Waals surface area contributed by atoms with E-state index in [0.29, 0.717) is 36.9 Å². The predicted molar refractivity (Wildman–Crippen MR) is 89.0 cm³/mol. The summed E-state index contributed by atoms with van der Waals surface area (Å²) in [6.45, 7) is 0. The molecule has 0 saturated heterocycles. The molecule has 4 nitrogen and oxygen atoms in total. The van der Waals surface area contributed by atoms with E-state index in [1.165, 1.54) is 12.1 Å². The molecule has 0 amide bonds. The molecular weight excluding hydrogens is 329 g/mol. The van der Waals surface area contributed by atoms with Crippen LogP contribution >= 0.6 is 0 Å². The van der Waals surface area contributed by atoms with Gasteiger partial charge in [0.25, 0.3) is 0 Å². The van der Waals surface area contributed by atoms with Crippen molar-refractivity contribution in [1.29, 1.82) is 0 Å². The van der Waals surface area contributed by atoms with E-state index in [1.54, 1.807) is 12.1 Å². The van der Waals surface area contributed by atoms with E-state index < -0.39 is 27.5 Å². The molecule has 1 aliphatic carbocycles. The Morgan fingerprint density at radius 2 is 1.92 bits per heavy atom. The van der Waals surface area contributed by atoms with E-state index in [9.17, 15) is 17.6 Å². The molecular formula is C18H18FNO3S. The van der Waals surface area contributed by atoms with Crippen LogP contribution in [-0.4, -0.2) is 25.7 Å². The van der Waals surface area contributed by atoms with Crippen molar-refractivity contribution in [3.8, 4) is 0 Å². The topological polar surface area (TPSA) is 63.6 Å². The second kappa shape index (κ2) is 5.62. The minimum Gasteiger partial charge on any atom is -0.299 e. The number of benzene rings is 1. The Morgan fingerprint density at radius 1 is 1.08 bits per heavy atom. The lowest BCUT2D eigenvalue weighted by atomic mass is 9.72. The van der Waals surface area contributed by atoms with Gasteiger partial charge in [-0.25, -0.2) is 12.8 Å². The quantitative estimate of drug-likeness (QED) is 0.784. The van der Waals surface area contributed by atoms with Crippen molar-refractivity contribution in [2.24, 2.45) is 10.9 Å². The van der Waals surface area contributed by atoms with E-state index in [1.807, 2.05) is 0 Å². The lowest BCUT2D eigenvalue weighted by Crippen LogP contribution is -2.40. The molecule has 1 aromatic carbocycles. The van der Waals surface area contributed by atoms with Gasteiger partial charge in [-0.2, -0.15) is 0 Å². The van der Waals surface area contributed by atoms with Crippen LogP contribution in [0.25, 0.3) is 0 Å². The van der Waals surface area contributed by atoms with Crippen molar-refractivity contribution in [3.63, 3.8) is 0 Å². The Morgan fingerprint density at radius 3 is 2.71 bits per heavy atom. The van der Waals surface area contributed by atoms with Gasteiger partial charge < -0.3 is 0 Å². The highest BCUT2D eigenvalue weighted by Gasteiger charge is 2.46. The molecule has 1 aromatic rings. The van der Waals surface area contributed by atoms with Gasteiger partial charge in [0.15, 0.2) is 9.84 Å². The second-order valence-corrected chi connectivity index (χ2v) is 8.74. The number of Topliss-reactive ketones (excluding diaryl/α,β-unsaturated/α-hetero) is 1. The third-order valence-corrected chi connectivity index (χ3v) is 7.10. The number of halogens is 1. The number of nitrogens with zero attached hydrogens (tertiary/aromatic N) is 1. The minimum absolute atomic E-state index is 0.0154. The maximum Gasteiger partial charge on any atom is 0.177 e. The number of hydrogen-bond acceptors (Lipinski definition) is 4. The summed E-state index contributed by atoms with van der Waals surface area (Å²) in [5.41, 5.74) is 1.91. The molecule has 6 heteroatoms. The van der Waals surface area contributed by atoms with Gasteiger partial charge in [-0.1, -0.05) is 12.1 Å². The van der Waals surface area contributed by atoms with Crippen molar-refractivity contribution in [3.05, 3.63) is 46.2 Å². The predicted octanol–water partition coefficient (Wildman–Crippen LogP) is 3.15. The molecule has 0 N–H and O–H groups in total. The Hall–Kier alpha value is -1.82. The number of aliphatic imine (C=N–C) groups is 1. The zero-order valence-electron chi connectivity index (χ0n) is 13.2. The molecule has 2 heterocycles. The summed E-state index contributed by atoms with van der Waals surface area (Å²) < 4.78 is 39.2. The van der Waals surface area contributed by atoms with Gasteiger partial charge in [-0.3, -0.25) is 9.79 Å². The molecule has 1 saturated carbocycles. The molecule has 0 aromatic heterocycles. The summed E-state index contributed by atoms with van der Waals surface area (Å²) >= 11 is 0. The molecule has 4 rings (SSSR count). The number of sulfone groups is 1. The lowest BCUT2D eigenvalue weighted by molar-refractivity contribution is -0.121. The summed E-state index contributed by atoms with van der Waals surface area (Å²) in [4.78, 5) is 17.4. The molecule has 2 unspecified atom stereocenters. The Balaban J connectivity index is 1.96.